The molecular formula is C19H18ClN3O5. The topological polar surface area (TPSA) is 98.7 Å². The van der Waals surface area contributed by atoms with Gasteiger partial charge in [-0.25, -0.2) is 4.98 Å². The van der Waals surface area contributed by atoms with Crippen LogP contribution in [-0.4, -0.2) is 64.8 Å². The van der Waals surface area contributed by atoms with Crippen molar-refractivity contribution in [1.29, 1.82) is 0 Å². The van der Waals surface area contributed by atoms with Crippen molar-refractivity contribution in [3.63, 3.8) is 0 Å². The molecule has 146 valence electrons. The summed E-state index contributed by atoms with van der Waals surface area (Å²) >= 11 is 6.43. The van der Waals surface area contributed by atoms with Gasteiger partial charge in [-0.05, 0) is 30.3 Å². The Morgan fingerprint density at radius 1 is 1.14 bits per heavy atom. The summed E-state index contributed by atoms with van der Waals surface area (Å²) in [7, 11) is 1.62. The molecule has 2 aliphatic heterocycles. The van der Waals surface area contributed by atoms with Gasteiger partial charge >= 0.3 is 0 Å². The molecule has 5 rings (SSSR count). The van der Waals surface area contributed by atoms with E-state index in [-0.39, 0.29) is 24.9 Å². The Balaban J connectivity index is 1.41. The highest BCUT2D eigenvalue weighted by atomic mass is 35.5. The molecule has 2 aromatic heterocycles. The molecule has 0 spiro atoms. The molecular weight excluding hydrogens is 386 g/mol. The third kappa shape index (κ3) is 2.98. The Bertz CT molecular complexity index is 1010. The maximum atomic E-state index is 9.84. The van der Waals surface area contributed by atoms with Crippen LogP contribution < -0.4 is 9.47 Å². The standard InChI is InChI=1S/C19H18ClN3O5/c1-25-10-4-2-9(3-5-10)15-11(20)6-12-18(22-15)23-19(21-12)28-14-8-27-16-13(24)7-26-17(14)16/h2-6,13-14,16-17,24H,7-8H2,1H3,(H,21,22,23)/t13-,14-,16-,17-/m1/s1. The molecule has 0 amide bonds. The van der Waals surface area contributed by atoms with Crippen LogP contribution in [0.15, 0.2) is 30.3 Å². The minimum absolute atomic E-state index is 0.248. The van der Waals surface area contributed by atoms with Gasteiger partial charge in [0.1, 0.15) is 24.1 Å². The molecule has 0 aliphatic carbocycles. The zero-order valence-corrected chi connectivity index (χ0v) is 15.7. The number of nitrogens with one attached hydrogen (secondary N) is 1. The summed E-state index contributed by atoms with van der Waals surface area (Å²) in [6.45, 7) is 0.576. The highest BCUT2D eigenvalue weighted by molar-refractivity contribution is 6.33. The molecule has 0 radical (unpaired) electrons. The van der Waals surface area contributed by atoms with Crippen molar-refractivity contribution in [2.75, 3.05) is 20.3 Å². The van der Waals surface area contributed by atoms with Crippen LogP contribution in [0.4, 0.5) is 0 Å². The third-order valence-electron chi connectivity index (χ3n) is 5.01. The van der Waals surface area contributed by atoms with Gasteiger partial charge in [-0.3, -0.25) is 0 Å². The Labute approximate surface area is 165 Å². The van der Waals surface area contributed by atoms with Gasteiger partial charge in [0.05, 0.1) is 36.6 Å². The first-order chi connectivity index (χ1) is 13.6. The van der Waals surface area contributed by atoms with Crippen molar-refractivity contribution in [3.05, 3.63) is 35.4 Å². The van der Waals surface area contributed by atoms with Crippen LogP contribution in [0, 0.1) is 0 Å². The number of H-pyrrole nitrogens is 1. The summed E-state index contributed by atoms with van der Waals surface area (Å²) in [5.41, 5.74) is 2.65. The zero-order valence-electron chi connectivity index (χ0n) is 15.0. The Morgan fingerprint density at radius 3 is 2.71 bits per heavy atom. The first kappa shape index (κ1) is 17.7. The second kappa shape index (κ2) is 6.89. The average Bonchev–Trinajstić information content (AvgIpc) is 3.38. The number of methoxy groups -OCH3 is 1. The minimum Gasteiger partial charge on any atom is -0.497 e. The molecule has 8 nitrogen and oxygen atoms in total. The van der Waals surface area contributed by atoms with E-state index in [9.17, 15) is 5.11 Å². The van der Waals surface area contributed by atoms with Crippen LogP contribution in [0.5, 0.6) is 11.8 Å². The summed E-state index contributed by atoms with van der Waals surface area (Å²) in [6.07, 6.45) is -1.64. The number of fused-ring (bicyclic) bond motifs is 2. The van der Waals surface area contributed by atoms with E-state index in [1.165, 1.54) is 0 Å². The van der Waals surface area contributed by atoms with Gasteiger partial charge < -0.3 is 29.0 Å². The molecule has 2 aliphatic rings. The van der Waals surface area contributed by atoms with Crippen LogP contribution in [0.25, 0.3) is 22.4 Å². The Morgan fingerprint density at radius 2 is 1.93 bits per heavy atom. The molecule has 2 fully saturated rings. The lowest BCUT2D eigenvalue weighted by Crippen LogP contribution is -2.34. The number of imidazole rings is 1. The molecule has 2 N–H and O–H groups in total. The molecule has 2 saturated heterocycles. The number of halogens is 1. The first-order valence-electron chi connectivity index (χ1n) is 8.91. The van der Waals surface area contributed by atoms with Crippen molar-refractivity contribution in [1.82, 2.24) is 15.0 Å². The molecule has 0 bridgehead atoms. The van der Waals surface area contributed by atoms with Gasteiger partial charge in [0.25, 0.3) is 6.01 Å². The fourth-order valence-corrected chi connectivity index (χ4v) is 3.85. The molecule has 4 heterocycles. The van der Waals surface area contributed by atoms with Crippen molar-refractivity contribution in [2.45, 2.75) is 24.4 Å². The first-order valence-corrected chi connectivity index (χ1v) is 9.29. The van der Waals surface area contributed by atoms with E-state index in [4.69, 9.17) is 30.5 Å². The van der Waals surface area contributed by atoms with E-state index >= 15 is 0 Å². The number of aromatic amines is 1. The summed E-state index contributed by atoms with van der Waals surface area (Å²) in [4.78, 5) is 12.1. The van der Waals surface area contributed by atoms with Crippen molar-refractivity contribution < 1.29 is 24.1 Å². The van der Waals surface area contributed by atoms with Crippen LogP contribution in [0.2, 0.25) is 5.02 Å². The number of pyridine rings is 1. The molecule has 4 atom stereocenters. The molecule has 0 unspecified atom stereocenters. The van der Waals surface area contributed by atoms with E-state index in [0.717, 1.165) is 11.3 Å². The number of rotatable bonds is 4. The lowest BCUT2D eigenvalue weighted by Gasteiger charge is -2.15. The SMILES string of the molecule is COc1ccc(-c2nc3nc(O[C@@H]4CO[C@H]5[C@@H]4OC[C@H]5O)[nH]c3cc2Cl)cc1. The largest absolute Gasteiger partial charge is 0.497 e. The van der Waals surface area contributed by atoms with E-state index in [1.807, 2.05) is 24.3 Å². The number of aromatic nitrogens is 3. The summed E-state index contributed by atoms with van der Waals surface area (Å²) in [5, 5.41) is 10.3. The second-order valence-electron chi connectivity index (χ2n) is 6.78. The summed E-state index contributed by atoms with van der Waals surface area (Å²) in [6, 6.07) is 9.56. The monoisotopic (exact) mass is 403 g/mol. The van der Waals surface area contributed by atoms with Gasteiger partial charge in [0, 0.05) is 5.56 Å². The summed E-state index contributed by atoms with van der Waals surface area (Å²) in [5.74, 6) is 0.757. The number of hydrogen-bond donors (Lipinski definition) is 2. The average molecular weight is 404 g/mol. The van der Waals surface area contributed by atoms with Gasteiger partial charge in [-0.2, -0.15) is 4.98 Å². The van der Waals surface area contributed by atoms with Crippen LogP contribution in [0.3, 0.4) is 0 Å². The third-order valence-corrected chi connectivity index (χ3v) is 5.30. The lowest BCUT2D eigenvalue weighted by molar-refractivity contribution is 0.00706. The molecule has 0 saturated carbocycles. The smallest absolute Gasteiger partial charge is 0.296 e. The fourth-order valence-electron chi connectivity index (χ4n) is 3.59. The van der Waals surface area contributed by atoms with Crippen molar-refractivity contribution in [3.8, 4) is 23.0 Å². The maximum absolute atomic E-state index is 9.84. The predicted molar refractivity (Wildman–Crippen MR) is 101 cm³/mol. The molecule has 28 heavy (non-hydrogen) atoms. The summed E-state index contributed by atoms with van der Waals surface area (Å²) < 4.78 is 22.2. The van der Waals surface area contributed by atoms with Gasteiger partial charge in [0.2, 0.25) is 0 Å². The minimum atomic E-state index is -0.623. The van der Waals surface area contributed by atoms with Crippen LogP contribution in [-0.2, 0) is 9.47 Å². The van der Waals surface area contributed by atoms with E-state index in [0.29, 0.717) is 34.5 Å². The predicted octanol–water partition coefficient (Wildman–Crippen LogP) is 2.19. The van der Waals surface area contributed by atoms with Crippen molar-refractivity contribution in [2.24, 2.45) is 0 Å². The quantitative estimate of drug-likeness (QED) is 0.688. The highest BCUT2D eigenvalue weighted by Crippen LogP contribution is 2.32. The number of aliphatic hydroxyl groups is 1. The number of hydrogen-bond acceptors (Lipinski definition) is 7. The van der Waals surface area contributed by atoms with E-state index < -0.39 is 6.10 Å². The Hall–Kier alpha value is -2.39. The lowest BCUT2D eigenvalue weighted by atomic mass is 10.1. The molecule has 1 aromatic carbocycles. The second-order valence-corrected chi connectivity index (χ2v) is 7.19. The number of nitrogens with zero attached hydrogens (tertiary/aromatic N) is 2. The number of benzene rings is 1. The van der Waals surface area contributed by atoms with Gasteiger partial charge in [0.15, 0.2) is 11.8 Å². The van der Waals surface area contributed by atoms with Crippen LogP contribution >= 0.6 is 11.6 Å². The number of ether oxygens (including phenoxy) is 4. The fraction of sp³-hybridized carbons (Fsp3) is 0.368. The highest BCUT2D eigenvalue weighted by Gasteiger charge is 2.48. The number of aliphatic hydroxyl groups excluding tert-OH is 1. The van der Waals surface area contributed by atoms with E-state index in [2.05, 4.69) is 15.0 Å². The molecule has 3 aromatic rings. The molecule has 9 heteroatoms. The zero-order chi connectivity index (χ0) is 19.3. The van der Waals surface area contributed by atoms with Crippen molar-refractivity contribution >= 4 is 22.8 Å². The Kier molecular flexibility index (Phi) is 4.36. The van der Waals surface area contributed by atoms with Crippen LogP contribution in [0.1, 0.15) is 0 Å². The maximum Gasteiger partial charge on any atom is 0.296 e. The van der Waals surface area contributed by atoms with Gasteiger partial charge in [-0.15, -0.1) is 0 Å². The normalized spacial score (nSPS) is 26.5. The van der Waals surface area contributed by atoms with Gasteiger partial charge in [-0.1, -0.05) is 11.6 Å². The van der Waals surface area contributed by atoms with E-state index in [1.54, 1.807) is 13.2 Å².